The van der Waals surface area contributed by atoms with Crippen LogP contribution in [-0.4, -0.2) is 23.9 Å². The molecule has 4 nitrogen and oxygen atoms in total. The van der Waals surface area contributed by atoms with Crippen molar-refractivity contribution in [2.45, 2.75) is 27.2 Å². The van der Waals surface area contributed by atoms with Gasteiger partial charge in [-0.15, -0.1) is 0 Å². The summed E-state index contributed by atoms with van der Waals surface area (Å²) in [7, 11) is 0. The van der Waals surface area contributed by atoms with Crippen molar-refractivity contribution in [1.29, 1.82) is 0 Å². The Kier molecular flexibility index (Phi) is 7.05. The van der Waals surface area contributed by atoms with Crippen LogP contribution in [0.4, 0.5) is 10.1 Å². The molecule has 120 valence electrons. The van der Waals surface area contributed by atoms with E-state index in [2.05, 4.69) is 4.99 Å². The molecular formula is C16H19ClFNO3. The minimum Gasteiger partial charge on any atom is -0.511 e. The summed E-state index contributed by atoms with van der Waals surface area (Å²) < 4.78 is 18.6. The van der Waals surface area contributed by atoms with Gasteiger partial charge in [-0.2, -0.15) is 0 Å². The summed E-state index contributed by atoms with van der Waals surface area (Å²) in [6, 6.07) is 3.99. The van der Waals surface area contributed by atoms with Crippen molar-refractivity contribution in [3.63, 3.8) is 0 Å². The quantitative estimate of drug-likeness (QED) is 0.359. The zero-order valence-electron chi connectivity index (χ0n) is 12.8. The molecule has 0 radical (unpaired) electrons. The van der Waals surface area contributed by atoms with E-state index in [1.807, 2.05) is 6.92 Å². The first-order chi connectivity index (χ1) is 10.4. The molecule has 1 aromatic rings. The SMILES string of the molecule is CCOC(=O)/C(C=Nc1ccc(Cl)cc1F)=C(\O)C(C)CC. The van der Waals surface area contributed by atoms with Crippen LogP contribution in [-0.2, 0) is 9.53 Å². The van der Waals surface area contributed by atoms with Crippen molar-refractivity contribution in [2.24, 2.45) is 10.9 Å². The van der Waals surface area contributed by atoms with Gasteiger partial charge in [-0.1, -0.05) is 25.4 Å². The lowest BCUT2D eigenvalue weighted by atomic mass is 10.0. The Bertz CT molecular complexity index is 599. The highest BCUT2D eigenvalue weighted by atomic mass is 35.5. The molecule has 1 aromatic carbocycles. The van der Waals surface area contributed by atoms with E-state index in [4.69, 9.17) is 16.3 Å². The number of carbonyl (C=O) groups excluding carboxylic acids is 1. The van der Waals surface area contributed by atoms with Crippen LogP contribution < -0.4 is 0 Å². The number of nitrogens with zero attached hydrogens (tertiary/aromatic N) is 1. The van der Waals surface area contributed by atoms with Gasteiger partial charge < -0.3 is 9.84 Å². The summed E-state index contributed by atoms with van der Waals surface area (Å²) in [5, 5.41) is 10.4. The Labute approximate surface area is 134 Å². The zero-order valence-corrected chi connectivity index (χ0v) is 13.5. The fourth-order valence-corrected chi connectivity index (χ4v) is 1.77. The number of halogens is 2. The Balaban J connectivity index is 3.17. The molecular weight excluding hydrogens is 309 g/mol. The van der Waals surface area contributed by atoms with E-state index >= 15 is 0 Å². The van der Waals surface area contributed by atoms with Gasteiger partial charge in [0.25, 0.3) is 0 Å². The number of aliphatic hydroxyl groups excluding tert-OH is 1. The predicted molar refractivity (Wildman–Crippen MR) is 85.3 cm³/mol. The molecule has 0 heterocycles. The van der Waals surface area contributed by atoms with E-state index in [1.165, 1.54) is 12.1 Å². The second-order valence-electron chi connectivity index (χ2n) is 4.68. The molecule has 0 aliphatic heterocycles. The molecule has 22 heavy (non-hydrogen) atoms. The molecule has 1 N–H and O–H groups in total. The third-order valence-electron chi connectivity index (χ3n) is 3.09. The average molecular weight is 328 g/mol. The lowest BCUT2D eigenvalue weighted by Crippen LogP contribution is -2.14. The minimum absolute atomic E-state index is 0.0168. The van der Waals surface area contributed by atoms with Crippen molar-refractivity contribution < 1.29 is 19.0 Å². The molecule has 0 saturated carbocycles. The molecule has 0 spiro atoms. The van der Waals surface area contributed by atoms with Gasteiger partial charge in [-0.05, 0) is 31.5 Å². The summed E-state index contributed by atoms with van der Waals surface area (Å²) in [6.45, 7) is 5.47. The lowest BCUT2D eigenvalue weighted by molar-refractivity contribution is -0.138. The van der Waals surface area contributed by atoms with Crippen molar-refractivity contribution in [3.05, 3.63) is 40.4 Å². The fourth-order valence-electron chi connectivity index (χ4n) is 1.61. The first-order valence-corrected chi connectivity index (χ1v) is 7.37. The number of allylic oxidation sites excluding steroid dienone is 1. The first kappa shape index (κ1) is 18.2. The predicted octanol–water partition coefficient (Wildman–Crippen LogP) is 4.60. The molecule has 1 unspecified atom stereocenters. The smallest absolute Gasteiger partial charge is 0.343 e. The third kappa shape index (κ3) is 4.84. The zero-order chi connectivity index (χ0) is 16.7. The second kappa shape index (κ2) is 8.54. The molecule has 0 bridgehead atoms. The number of ether oxygens (including phenoxy) is 1. The highest BCUT2D eigenvalue weighted by molar-refractivity contribution is 6.30. The molecule has 0 aromatic heterocycles. The van der Waals surface area contributed by atoms with Crippen LogP contribution in [0.15, 0.2) is 34.5 Å². The molecule has 1 rings (SSSR count). The van der Waals surface area contributed by atoms with E-state index in [0.717, 1.165) is 12.3 Å². The van der Waals surface area contributed by atoms with Crippen LogP contribution in [0, 0.1) is 11.7 Å². The van der Waals surface area contributed by atoms with Gasteiger partial charge >= 0.3 is 5.97 Å². The summed E-state index contributed by atoms with van der Waals surface area (Å²) in [4.78, 5) is 15.8. The van der Waals surface area contributed by atoms with Crippen LogP contribution in [0.2, 0.25) is 5.02 Å². The number of hydrogen-bond acceptors (Lipinski definition) is 4. The van der Waals surface area contributed by atoms with Crippen molar-refractivity contribution >= 4 is 29.5 Å². The Morgan fingerprint density at radius 2 is 2.18 bits per heavy atom. The largest absolute Gasteiger partial charge is 0.511 e. The summed E-state index contributed by atoms with van der Waals surface area (Å²) in [5.74, 6) is -1.67. The summed E-state index contributed by atoms with van der Waals surface area (Å²) in [6.07, 6.45) is 1.75. The fraction of sp³-hybridized carbons (Fsp3) is 0.375. The number of benzene rings is 1. The van der Waals surface area contributed by atoms with Crippen LogP contribution in [0.3, 0.4) is 0 Å². The standard InChI is InChI=1S/C16H19ClFNO3/c1-4-10(3)15(20)12(16(21)22-5-2)9-19-14-7-6-11(17)8-13(14)18/h6-10,20H,4-5H2,1-3H3/b15-12-,19-9?. The number of carbonyl (C=O) groups is 1. The van der Waals surface area contributed by atoms with Crippen LogP contribution in [0.1, 0.15) is 27.2 Å². The molecule has 0 amide bonds. The number of aliphatic imine (C=N–C) groups is 1. The maximum Gasteiger partial charge on any atom is 0.343 e. The highest BCUT2D eigenvalue weighted by Gasteiger charge is 2.18. The summed E-state index contributed by atoms with van der Waals surface area (Å²) >= 11 is 5.67. The minimum atomic E-state index is -0.696. The molecule has 0 aliphatic carbocycles. The second-order valence-corrected chi connectivity index (χ2v) is 5.12. The van der Waals surface area contributed by atoms with Gasteiger partial charge in [0.15, 0.2) is 0 Å². The van der Waals surface area contributed by atoms with Gasteiger partial charge in [0, 0.05) is 17.2 Å². The number of esters is 1. The van der Waals surface area contributed by atoms with E-state index in [9.17, 15) is 14.3 Å². The average Bonchev–Trinajstić information content (AvgIpc) is 2.48. The maximum atomic E-state index is 13.7. The van der Waals surface area contributed by atoms with Crippen LogP contribution in [0.25, 0.3) is 0 Å². The van der Waals surface area contributed by atoms with E-state index < -0.39 is 11.8 Å². The number of rotatable bonds is 6. The molecule has 1 atom stereocenters. The lowest BCUT2D eigenvalue weighted by Gasteiger charge is -2.11. The number of hydrogen-bond donors (Lipinski definition) is 1. The third-order valence-corrected chi connectivity index (χ3v) is 3.33. The van der Waals surface area contributed by atoms with Crippen LogP contribution in [0.5, 0.6) is 0 Å². The molecule has 0 fully saturated rings. The van der Waals surface area contributed by atoms with E-state index in [-0.39, 0.29) is 34.6 Å². The van der Waals surface area contributed by atoms with Crippen molar-refractivity contribution in [1.82, 2.24) is 0 Å². The maximum absolute atomic E-state index is 13.7. The summed E-state index contributed by atoms with van der Waals surface area (Å²) in [5.41, 5.74) is -0.0614. The molecule has 0 aliphatic rings. The van der Waals surface area contributed by atoms with E-state index in [0.29, 0.717) is 6.42 Å². The highest BCUT2D eigenvalue weighted by Crippen LogP contribution is 2.22. The number of aliphatic hydroxyl groups is 1. The van der Waals surface area contributed by atoms with Gasteiger partial charge in [0.1, 0.15) is 17.1 Å². The van der Waals surface area contributed by atoms with Crippen LogP contribution >= 0.6 is 11.6 Å². The molecule has 0 saturated heterocycles. The normalized spacial score (nSPS) is 13.9. The Hall–Kier alpha value is -1.88. The first-order valence-electron chi connectivity index (χ1n) is 7.00. The van der Waals surface area contributed by atoms with Gasteiger partial charge in [-0.3, -0.25) is 4.99 Å². The van der Waals surface area contributed by atoms with Crippen molar-refractivity contribution in [2.75, 3.05) is 6.61 Å². The van der Waals surface area contributed by atoms with Gasteiger partial charge in [-0.25, -0.2) is 9.18 Å². The topological polar surface area (TPSA) is 58.9 Å². The van der Waals surface area contributed by atoms with Gasteiger partial charge in [0.05, 0.1) is 12.3 Å². The van der Waals surface area contributed by atoms with E-state index in [1.54, 1.807) is 13.8 Å². The van der Waals surface area contributed by atoms with Gasteiger partial charge in [0.2, 0.25) is 0 Å². The van der Waals surface area contributed by atoms with Crippen molar-refractivity contribution in [3.8, 4) is 0 Å². The molecule has 6 heteroatoms. The Morgan fingerprint density at radius 3 is 2.73 bits per heavy atom. The monoisotopic (exact) mass is 327 g/mol. The Morgan fingerprint density at radius 1 is 1.50 bits per heavy atom.